The van der Waals surface area contributed by atoms with E-state index >= 15 is 0 Å². The molecule has 0 radical (unpaired) electrons. The average Bonchev–Trinajstić information content (AvgIpc) is 2.65. The Labute approximate surface area is 141 Å². The van der Waals surface area contributed by atoms with Crippen molar-refractivity contribution >= 4 is 5.97 Å². The predicted molar refractivity (Wildman–Crippen MR) is 94.9 cm³/mol. The lowest BCUT2D eigenvalue weighted by Gasteiger charge is -1.99. The van der Waals surface area contributed by atoms with Crippen molar-refractivity contribution in [1.82, 2.24) is 4.57 Å². The molecular formula is C20H19NO3. The topological polar surface area (TPSA) is 48.3 Å². The Bertz CT molecular complexity index is 802. The van der Waals surface area contributed by atoms with E-state index in [1.807, 2.05) is 12.1 Å². The zero-order chi connectivity index (χ0) is 17.4. The van der Waals surface area contributed by atoms with Gasteiger partial charge in [-0.15, -0.1) is 0 Å². The Morgan fingerprint density at radius 3 is 1.79 bits per heavy atom. The number of nitrogens with zero attached hydrogens (tertiary/aromatic N) is 1. The summed E-state index contributed by atoms with van der Waals surface area (Å²) in [6.45, 7) is 0. The maximum Gasteiger partial charge on any atom is 0.343 e. The van der Waals surface area contributed by atoms with E-state index in [-0.39, 0.29) is 11.1 Å². The number of pyridine rings is 1. The quantitative estimate of drug-likeness (QED) is 0.679. The first-order chi connectivity index (χ1) is 11.6. The molecule has 0 bridgehead atoms. The van der Waals surface area contributed by atoms with Gasteiger partial charge >= 0.3 is 5.97 Å². The number of hydrogen-bond acceptors (Lipinski definition) is 3. The molecule has 0 spiro atoms. The van der Waals surface area contributed by atoms with E-state index in [0.717, 1.165) is 0 Å². The van der Waals surface area contributed by atoms with Gasteiger partial charge in [0, 0.05) is 13.2 Å². The summed E-state index contributed by atoms with van der Waals surface area (Å²) < 4.78 is 5.75. The highest BCUT2D eigenvalue weighted by molar-refractivity contribution is 5.88. The molecule has 0 atom stereocenters. The summed E-state index contributed by atoms with van der Waals surface area (Å²) in [5, 5.41) is 0. The monoisotopic (exact) mass is 321 g/mol. The molecule has 0 aliphatic heterocycles. The van der Waals surface area contributed by atoms with Crippen LogP contribution in [0.3, 0.4) is 0 Å². The predicted octanol–water partition coefficient (Wildman–Crippen LogP) is 3.53. The van der Waals surface area contributed by atoms with Crippen LogP contribution in [0.1, 0.15) is 10.4 Å². The summed E-state index contributed by atoms with van der Waals surface area (Å²) >= 11 is 0. The number of ether oxygens (including phenoxy) is 1. The number of carbonyl (C=O) groups excluding carboxylic acids is 1. The lowest BCUT2D eigenvalue weighted by molar-refractivity contribution is 0.0598. The van der Waals surface area contributed by atoms with E-state index in [4.69, 9.17) is 0 Å². The van der Waals surface area contributed by atoms with Gasteiger partial charge in [0.05, 0.1) is 7.11 Å². The molecule has 2 aromatic carbocycles. The van der Waals surface area contributed by atoms with E-state index < -0.39 is 5.97 Å². The molecule has 122 valence electrons. The SMILES string of the molecule is COC(=O)c1cccn(C)c1=O.c1ccc(-c2ccccc2)cc1. The summed E-state index contributed by atoms with van der Waals surface area (Å²) in [7, 11) is 2.82. The number of aryl methyl sites for hydroxylation is 1. The molecule has 0 aliphatic rings. The smallest absolute Gasteiger partial charge is 0.343 e. The fourth-order valence-electron chi connectivity index (χ4n) is 2.12. The molecule has 4 heteroatoms. The Morgan fingerprint density at radius 2 is 1.33 bits per heavy atom. The minimum Gasteiger partial charge on any atom is -0.465 e. The van der Waals surface area contributed by atoms with Crippen LogP contribution in [0, 0.1) is 0 Å². The molecule has 3 rings (SSSR count). The maximum atomic E-state index is 11.2. The van der Waals surface area contributed by atoms with E-state index in [1.54, 1.807) is 19.3 Å². The van der Waals surface area contributed by atoms with Crippen LogP contribution in [0.2, 0.25) is 0 Å². The summed E-state index contributed by atoms with van der Waals surface area (Å²) in [5.74, 6) is -0.601. The van der Waals surface area contributed by atoms with E-state index in [1.165, 1.54) is 28.9 Å². The number of aromatic nitrogens is 1. The van der Waals surface area contributed by atoms with Crippen molar-refractivity contribution < 1.29 is 9.53 Å². The first-order valence-electron chi connectivity index (χ1n) is 7.48. The van der Waals surface area contributed by atoms with Crippen LogP contribution in [0.25, 0.3) is 11.1 Å². The average molecular weight is 321 g/mol. The first-order valence-corrected chi connectivity index (χ1v) is 7.48. The van der Waals surface area contributed by atoms with E-state index in [2.05, 4.69) is 53.3 Å². The highest BCUT2D eigenvalue weighted by Gasteiger charge is 2.09. The molecule has 0 amide bonds. The van der Waals surface area contributed by atoms with Gasteiger partial charge in [0.25, 0.3) is 5.56 Å². The van der Waals surface area contributed by atoms with Gasteiger partial charge in [0.15, 0.2) is 0 Å². The van der Waals surface area contributed by atoms with Gasteiger partial charge in [0.1, 0.15) is 5.56 Å². The minimum absolute atomic E-state index is 0.0579. The number of hydrogen-bond donors (Lipinski definition) is 0. The third kappa shape index (κ3) is 4.43. The summed E-state index contributed by atoms with van der Waals surface area (Å²) in [6, 6.07) is 23.8. The minimum atomic E-state index is -0.601. The van der Waals surface area contributed by atoms with Gasteiger partial charge in [-0.2, -0.15) is 0 Å². The second-order valence-electron chi connectivity index (χ2n) is 5.06. The molecule has 0 unspecified atom stereocenters. The summed E-state index contributed by atoms with van der Waals surface area (Å²) in [6.07, 6.45) is 1.58. The number of benzene rings is 2. The zero-order valence-electron chi connectivity index (χ0n) is 13.7. The Hall–Kier alpha value is -3.14. The third-order valence-corrected chi connectivity index (χ3v) is 3.41. The molecule has 0 N–H and O–H groups in total. The van der Waals surface area contributed by atoms with Gasteiger partial charge in [0.2, 0.25) is 0 Å². The fraction of sp³-hybridized carbons (Fsp3) is 0.100. The number of rotatable bonds is 2. The molecule has 0 aliphatic carbocycles. The Morgan fingerprint density at radius 1 is 0.833 bits per heavy atom. The Kier molecular flexibility index (Phi) is 6.08. The normalized spacial score (nSPS) is 9.58. The highest BCUT2D eigenvalue weighted by Crippen LogP contribution is 2.17. The van der Waals surface area contributed by atoms with Crippen molar-refractivity contribution in [3.63, 3.8) is 0 Å². The molecule has 0 fully saturated rings. The van der Waals surface area contributed by atoms with Crippen molar-refractivity contribution in [1.29, 1.82) is 0 Å². The Balaban J connectivity index is 0.000000174. The van der Waals surface area contributed by atoms with Crippen LogP contribution in [-0.2, 0) is 11.8 Å². The van der Waals surface area contributed by atoms with Crippen LogP contribution in [0.5, 0.6) is 0 Å². The molecule has 24 heavy (non-hydrogen) atoms. The van der Waals surface area contributed by atoms with E-state index in [9.17, 15) is 9.59 Å². The second-order valence-corrected chi connectivity index (χ2v) is 5.06. The maximum absolute atomic E-state index is 11.2. The van der Waals surface area contributed by atoms with Crippen LogP contribution in [0.15, 0.2) is 83.8 Å². The molecular weight excluding hydrogens is 302 g/mol. The lowest BCUT2D eigenvalue weighted by Crippen LogP contribution is -2.23. The summed E-state index contributed by atoms with van der Waals surface area (Å²) in [5.41, 5.74) is 2.27. The number of esters is 1. The van der Waals surface area contributed by atoms with Crippen LogP contribution >= 0.6 is 0 Å². The van der Waals surface area contributed by atoms with Gasteiger partial charge in [-0.05, 0) is 23.3 Å². The van der Waals surface area contributed by atoms with Crippen molar-refractivity contribution in [2.75, 3.05) is 7.11 Å². The summed E-state index contributed by atoms with van der Waals surface area (Å²) in [4.78, 5) is 22.2. The molecule has 0 saturated carbocycles. The highest BCUT2D eigenvalue weighted by atomic mass is 16.5. The number of methoxy groups -OCH3 is 1. The molecule has 3 aromatic rings. The van der Waals surface area contributed by atoms with Gasteiger partial charge < -0.3 is 9.30 Å². The van der Waals surface area contributed by atoms with Crippen molar-refractivity contribution in [2.24, 2.45) is 7.05 Å². The molecule has 4 nitrogen and oxygen atoms in total. The standard InChI is InChI=1S/C12H10.C8H9NO3/c1-3-7-11(8-4-1)12-9-5-2-6-10-12;1-9-5-3-4-6(7(9)10)8(11)12-2/h1-10H;3-5H,1-2H3. The van der Waals surface area contributed by atoms with Gasteiger partial charge in [-0.3, -0.25) is 4.79 Å². The van der Waals surface area contributed by atoms with Crippen molar-refractivity contribution in [3.05, 3.63) is 94.9 Å². The second kappa shape index (κ2) is 8.48. The molecule has 0 saturated heterocycles. The van der Waals surface area contributed by atoms with Crippen molar-refractivity contribution in [2.45, 2.75) is 0 Å². The van der Waals surface area contributed by atoms with Crippen LogP contribution in [0.4, 0.5) is 0 Å². The van der Waals surface area contributed by atoms with E-state index in [0.29, 0.717) is 0 Å². The lowest BCUT2D eigenvalue weighted by atomic mass is 10.1. The van der Waals surface area contributed by atoms with Crippen LogP contribution < -0.4 is 5.56 Å². The largest absolute Gasteiger partial charge is 0.465 e. The third-order valence-electron chi connectivity index (χ3n) is 3.41. The zero-order valence-corrected chi connectivity index (χ0v) is 13.7. The molecule has 1 aromatic heterocycles. The number of carbonyl (C=O) groups is 1. The van der Waals surface area contributed by atoms with Gasteiger partial charge in [-0.1, -0.05) is 60.7 Å². The molecule has 1 heterocycles. The van der Waals surface area contributed by atoms with Crippen molar-refractivity contribution in [3.8, 4) is 11.1 Å². The van der Waals surface area contributed by atoms with Crippen LogP contribution in [-0.4, -0.2) is 17.6 Å². The first kappa shape index (κ1) is 17.2. The van der Waals surface area contributed by atoms with Gasteiger partial charge in [-0.25, -0.2) is 4.79 Å². The fourth-order valence-corrected chi connectivity index (χ4v) is 2.12.